The van der Waals surface area contributed by atoms with Crippen molar-refractivity contribution in [3.05, 3.63) is 23.3 Å². The summed E-state index contributed by atoms with van der Waals surface area (Å²) < 4.78 is 37.6. The summed E-state index contributed by atoms with van der Waals surface area (Å²) in [5.74, 6) is -2.89. The van der Waals surface area contributed by atoms with Gasteiger partial charge in [0, 0.05) is 18.0 Å². The molecule has 1 rings (SSSR count). The van der Waals surface area contributed by atoms with Gasteiger partial charge in [0.05, 0.1) is 5.75 Å². The van der Waals surface area contributed by atoms with Crippen LogP contribution in [0.2, 0.25) is 0 Å². The summed E-state index contributed by atoms with van der Waals surface area (Å²) in [6, 6.07) is 1.15. The lowest BCUT2D eigenvalue weighted by Gasteiger charge is -2.09. The number of amides is 1. The second-order valence-corrected chi connectivity index (χ2v) is 5.02. The van der Waals surface area contributed by atoms with Crippen LogP contribution >= 0.6 is 11.8 Å². The van der Waals surface area contributed by atoms with Crippen LogP contribution in [0, 0.1) is 6.92 Å². The van der Waals surface area contributed by atoms with Crippen LogP contribution in [-0.2, 0) is 11.0 Å². The third-order valence-corrected chi connectivity index (χ3v) is 3.04. The first kappa shape index (κ1) is 17.2. The quantitative estimate of drug-likeness (QED) is 0.768. The van der Waals surface area contributed by atoms with Gasteiger partial charge >= 0.3 is 12.1 Å². The number of thioether (sulfide) groups is 1. The number of rotatable bonds is 6. The lowest BCUT2D eigenvalue weighted by molar-refractivity contribution is -0.145. The highest BCUT2D eigenvalue weighted by atomic mass is 32.2. The lowest BCUT2D eigenvalue weighted by atomic mass is 10.3. The number of nitrogens with one attached hydrogen (secondary N) is 1. The van der Waals surface area contributed by atoms with Crippen LogP contribution in [0.5, 0.6) is 0 Å². The molecule has 10 heteroatoms. The number of halogens is 3. The highest BCUT2D eigenvalue weighted by Crippen LogP contribution is 2.26. The Morgan fingerprint density at radius 3 is 2.62 bits per heavy atom. The SMILES string of the molecule is Cc1cc(C(=O)NCCSCC(=O)O)nc(C(F)(F)F)n1. The van der Waals surface area contributed by atoms with E-state index in [0.29, 0.717) is 5.75 Å². The van der Waals surface area contributed by atoms with E-state index in [4.69, 9.17) is 5.11 Å². The van der Waals surface area contributed by atoms with Crippen molar-refractivity contribution in [3.8, 4) is 0 Å². The molecule has 1 aromatic rings. The van der Waals surface area contributed by atoms with Gasteiger partial charge in [0.25, 0.3) is 5.91 Å². The highest BCUT2D eigenvalue weighted by molar-refractivity contribution is 7.99. The zero-order chi connectivity index (χ0) is 16.0. The molecule has 21 heavy (non-hydrogen) atoms. The molecule has 0 spiro atoms. The summed E-state index contributed by atoms with van der Waals surface area (Å²) in [5.41, 5.74) is -0.346. The predicted octanol–water partition coefficient (Wildman–Crippen LogP) is 1.35. The molecular formula is C11H12F3N3O3S. The number of aryl methyl sites for hydroxylation is 1. The number of aromatic nitrogens is 2. The van der Waals surface area contributed by atoms with Crippen molar-refractivity contribution in [1.82, 2.24) is 15.3 Å². The van der Waals surface area contributed by atoms with Crippen molar-refractivity contribution in [2.24, 2.45) is 0 Å². The van der Waals surface area contributed by atoms with E-state index in [0.717, 1.165) is 17.8 Å². The highest BCUT2D eigenvalue weighted by Gasteiger charge is 2.35. The monoisotopic (exact) mass is 323 g/mol. The Labute approximate surface area is 122 Å². The van der Waals surface area contributed by atoms with E-state index in [1.165, 1.54) is 6.92 Å². The molecule has 0 saturated heterocycles. The maximum Gasteiger partial charge on any atom is 0.451 e. The molecule has 116 valence electrons. The molecule has 6 nitrogen and oxygen atoms in total. The lowest BCUT2D eigenvalue weighted by Crippen LogP contribution is -2.28. The minimum Gasteiger partial charge on any atom is -0.481 e. The van der Waals surface area contributed by atoms with Gasteiger partial charge in [0.2, 0.25) is 5.82 Å². The van der Waals surface area contributed by atoms with Gasteiger partial charge in [-0.2, -0.15) is 13.2 Å². The number of carboxylic acids is 1. The Bertz CT molecular complexity index is 537. The van der Waals surface area contributed by atoms with Gasteiger partial charge in [-0.15, -0.1) is 11.8 Å². The van der Waals surface area contributed by atoms with Gasteiger partial charge in [-0.1, -0.05) is 0 Å². The molecule has 0 atom stereocenters. The van der Waals surface area contributed by atoms with E-state index < -0.39 is 23.9 Å². The average molecular weight is 323 g/mol. The second-order valence-electron chi connectivity index (χ2n) is 3.92. The molecule has 0 aromatic carbocycles. The number of hydrogen-bond donors (Lipinski definition) is 2. The molecule has 0 aliphatic rings. The Morgan fingerprint density at radius 2 is 2.05 bits per heavy atom. The van der Waals surface area contributed by atoms with Gasteiger partial charge < -0.3 is 10.4 Å². The summed E-state index contributed by atoms with van der Waals surface area (Å²) in [7, 11) is 0. The topological polar surface area (TPSA) is 92.2 Å². The summed E-state index contributed by atoms with van der Waals surface area (Å²) >= 11 is 1.08. The predicted molar refractivity (Wildman–Crippen MR) is 69.1 cm³/mol. The van der Waals surface area contributed by atoms with Crippen molar-refractivity contribution in [2.75, 3.05) is 18.1 Å². The third-order valence-electron chi connectivity index (χ3n) is 2.10. The van der Waals surface area contributed by atoms with Crippen molar-refractivity contribution in [3.63, 3.8) is 0 Å². The summed E-state index contributed by atoms with van der Waals surface area (Å²) in [6.07, 6.45) is -4.72. The van der Waals surface area contributed by atoms with Crippen LogP contribution in [0.1, 0.15) is 22.0 Å². The van der Waals surface area contributed by atoms with Crippen LogP contribution in [0.3, 0.4) is 0 Å². The van der Waals surface area contributed by atoms with Crippen LogP contribution in [0.25, 0.3) is 0 Å². The Kier molecular flexibility index (Phi) is 5.94. The fraction of sp³-hybridized carbons (Fsp3) is 0.455. The molecule has 0 bridgehead atoms. The molecule has 0 unspecified atom stereocenters. The van der Waals surface area contributed by atoms with E-state index in [-0.39, 0.29) is 23.7 Å². The zero-order valence-corrected chi connectivity index (χ0v) is 11.7. The van der Waals surface area contributed by atoms with Gasteiger partial charge in [0.15, 0.2) is 0 Å². The largest absolute Gasteiger partial charge is 0.481 e. The fourth-order valence-electron chi connectivity index (χ4n) is 1.30. The van der Waals surface area contributed by atoms with Gasteiger partial charge in [-0.25, -0.2) is 9.97 Å². The van der Waals surface area contributed by atoms with Crippen molar-refractivity contribution < 1.29 is 27.9 Å². The normalized spacial score (nSPS) is 11.2. The van der Waals surface area contributed by atoms with Crippen LogP contribution in [0.4, 0.5) is 13.2 Å². The number of alkyl halides is 3. The molecule has 0 radical (unpaired) electrons. The summed E-state index contributed by atoms with van der Waals surface area (Å²) in [4.78, 5) is 28.3. The molecular weight excluding hydrogens is 311 g/mol. The van der Waals surface area contributed by atoms with E-state index >= 15 is 0 Å². The first-order chi connectivity index (χ1) is 9.70. The maximum absolute atomic E-state index is 12.5. The van der Waals surface area contributed by atoms with Gasteiger partial charge in [-0.3, -0.25) is 9.59 Å². The number of carboxylic acid groups (broad SMARTS) is 1. The summed E-state index contributed by atoms with van der Waals surface area (Å²) in [6.45, 7) is 1.46. The van der Waals surface area contributed by atoms with Crippen molar-refractivity contribution in [1.29, 1.82) is 0 Å². The number of nitrogens with zero attached hydrogens (tertiary/aromatic N) is 2. The van der Waals surface area contributed by atoms with E-state index in [1.807, 2.05) is 0 Å². The Morgan fingerprint density at radius 1 is 1.38 bits per heavy atom. The van der Waals surface area contributed by atoms with Crippen molar-refractivity contribution >= 4 is 23.6 Å². The average Bonchev–Trinajstić information content (AvgIpc) is 2.36. The number of carbonyl (C=O) groups excluding carboxylic acids is 1. The number of carbonyl (C=O) groups is 2. The molecule has 0 aliphatic carbocycles. The van der Waals surface area contributed by atoms with E-state index in [9.17, 15) is 22.8 Å². The smallest absolute Gasteiger partial charge is 0.451 e. The minimum absolute atomic E-state index is 0.0303. The third kappa shape index (κ3) is 5.98. The van der Waals surface area contributed by atoms with Crippen LogP contribution in [-0.4, -0.2) is 45.0 Å². The molecule has 0 aliphatic heterocycles. The van der Waals surface area contributed by atoms with Gasteiger partial charge in [0.1, 0.15) is 5.69 Å². The van der Waals surface area contributed by atoms with Gasteiger partial charge in [-0.05, 0) is 13.0 Å². The standard InChI is InChI=1S/C11H12F3N3O3S/c1-6-4-7(17-10(16-6)11(12,13)14)9(20)15-2-3-21-5-8(18)19/h4H,2-3,5H2,1H3,(H,15,20)(H,18,19). The summed E-state index contributed by atoms with van der Waals surface area (Å²) in [5, 5.41) is 10.8. The Hall–Kier alpha value is -1.84. The van der Waals surface area contributed by atoms with Crippen molar-refractivity contribution in [2.45, 2.75) is 13.1 Å². The van der Waals surface area contributed by atoms with E-state index in [2.05, 4.69) is 15.3 Å². The minimum atomic E-state index is -4.72. The maximum atomic E-state index is 12.5. The van der Waals surface area contributed by atoms with Crippen LogP contribution < -0.4 is 5.32 Å². The first-order valence-electron chi connectivity index (χ1n) is 5.71. The fourth-order valence-corrected chi connectivity index (χ4v) is 1.86. The molecule has 0 fully saturated rings. The molecule has 0 saturated carbocycles. The molecule has 1 aromatic heterocycles. The Balaban J connectivity index is 2.62. The zero-order valence-electron chi connectivity index (χ0n) is 10.9. The van der Waals surface area contributed by atoms with E-state index in [1.54, 1.807) is 0 Å². The van der Waals surface area contributed by atoms with Crippen LogP contribution in [0.15, 0.2) is 6.07 Å². The molecule has 2 N–H and O–H groups in total. The first-order valence-corrected chi connectivity index (χ1v) is 6.86. The molecule has 1 amide bonds. The number of hydrogen-bond acceptors (Lipinski definition) is 5. The molecule has 1 heterocycles. The second kappa shape index (κ2) is 7.25. The number of aliphatic carboxylic acids is 1.